The molecule has 0 unspecified atom stereocenters. The first-order valence-corrected chi connectivity index (χ1v) is 4.32. The van der Waals surface area contributed by atoms with E-state index < -0.39 is 37.3 Å². The van der Waals surface area contributed by atoms with Gasteiger partial charge >= 0.3 is 30.7 Å². The summed E-state index contributed by atoms with van der Waals surface area (Å²) in [5.74, 6) is -1.39. The predicted octanol–water partition coefficient (Wildman–Crippen LogP) is 2.88. The summed E-state index contributed by atoms with van der Waals surface area (Å²) in [6.07, 6.45) is -24.2. The van der Waals surface area contributed by atoms with Gasteiger partial charge in [0.2, 0.25) is 0 Å². The maximum atomic E-state index is 12.6. The first kappa shape index (κ1) is 18.8. The van der Waals surface area contributed by atoms with Gasteiger partial charge in [0.25, 0.3) is 0 Å². The lowest BCUT2D eigenvalue weighted by Crippen LogP contribution is -2.52. The summed E-state index contributed by atoms with van der Waals surface area (Å²) in [6, 6.07) is 0. The van der Waals surface area contributed by atoms with Crippen LogP contribution in [-0.2, 0) is 19.0 Å². The van der Waals surface area contributed by atoms with E-state index in [0.717, 1.165) is 0 Å². The van der Waals surface area contributed by atoms with Crippen LogP contribution in [0.2, 0.25) is 0 Å². The van der Waals surface area contributed by atoms with Crippen LogP contribution >= 0.6 is 0 Å². The number of carbonyl (C=O) groups is 1. The first-order chi connectivity index (χ1) is 8.58. The minimum atomic E-state index is -6.43. The van der Waals surface area contributed by atoms with Crippen LogP contribution in [0.3, 0.4) is 0 Å². The average Bonchev–Trinajstić information content (AvgIpc) is 2.08. The van der Waals surface area contributed by atoms with Crippen molar-refractivity contribution >= 4 is 5.97 Å². The molecule has 13 heteroatoms. The minimum absolute atomic E-state index is 0.579. The zero-order chi connectivity index (χ0) is 16.4. The Bertz CT molecular complexity index is 351. The smallest absolute Gasteiger partial charge is 0.457 e. The van der Waals surface area contributed by atoms with E-state index in [4.69, 9.17) is 0 Å². The lowest BCUT2D eigenvalue weighted by molar-refractivity contribution is -0.530. The molecule has 4 nitrogen and oxygen atoms in total. The molecule has 0 aromatic rings. The van der Waals surface area contributed by atoms with Gasteiger partial charge < -0.3 is 4.74 Å². The van der Waals surface area contributed by atoms with Gasteiger partial charge in [-0.15, -0.1) is 13.2 Å². The van der Waals surface area contributed by atoms with Crippen LogP contribution < -0.4 is 0 Å². The molecule has 0 heterocycles. The van der Waals surface area contributed by atoms with Crippen molar-refractivity contribution < 1.29 is 58.5 Å². The summed E-state index contributed by atoms with van der Waals surface area (Å²) >= 11 is 0. The Hall–Kier alpha value is -1.24. The van der Waals surface area contributed by atoms with E-state index >= 15 is 0 Å². The number of ether oxygens (including phenoxy) is 3. The topological polar surface area (TPSA) is 44.8 Å². The van der Waals surface area contributed by atoms with E-state index in [1.807, 2.05) is 0 Å². The number of halogens is 9. The zero-order valence-electron chi connectivity index (χ0n) is 9.24. The standard InChI is InChI=1S/C7H5F9O4/c1-3(17)18-2-4(8,9)19-5(10,11)6(12,13)20-7(14,15)16/h2H2,1H3. The van der Waals surface area contributed by atoms with Gasteiger partial charge in [-0.05, 0) is 0 Å². The van der Waals surface area contributed by atoms with E-state index in [0.29, 0.717) is 6.92 Å². The molecular weight excluding hydrogens is 319 g/mol. The lowest BCUT2D eigenvalue weighted by atomic mass is 10.5. The summed E-state index contributed by atoms with van der Waals surface area (Å²) < 4.78 is 117. The van der Waals surface area contributed by atoms with Crippen molar-refractivity contribution in [2.45, 2.75) is 31.6 Å². The molecule has 0 amide bonds. The van der Waals surface area contributed by atoms with Crippen molar-refractivity contribution in [2.24, 2.45) is 0 Å². The van der Waals surface area contributed by atoms with Crippen LogP contribution in [-0.4, -0.2) is 37.3 Å². The average molecular weight is 324 g/mol. The summed E-state index contributed by atoms with van der Waals surface area (Å²) in [4.78, 5) is 10.1. The molecule has 0 aliphatic carbocycles. The number of hydrogen-bond acceptors (Lipinski definition) is 4. The third-order valence-corrected chi connectivity index (χ3v) is 1.30. The highest BCUT2D eigenvalue weighted by molar-refractivity contribution is 5.65. The second-order valence-electron chi connectivity index (χ2n) is 3.10. The fraction of sp³-hybridized carbons (Fsp3) is 0.857. The molecule has 0 radical (unpaired) electrons. The van der Waals surface area contributed by atoms with Crippen LogP contribution in [0, 0.1) is 0 Å². The summed E-state index contributed by atoms with van der Waals surface area (Å²) in [6.45, 7) is -1.63. The highest BCUT2D eigenvalue weighted by Crippen LogP contribution is 2.43. The van der Waals surface area contributed by atoms with Gasteiger partial charge in [-0.1, -0.05) is 0 Å². The quantitative estimate of drug-likeness (QED) is 0.557. The van der Waals surface area contributed by atoms with Gasteiger partial charge in [0, 0.05) is 6.92 Å². The molecule has 0 aromatic heterocycles. The van der Waals surface area contributed by atoms with Crippen LogP contribution in [0.15, 0.2) is 0 Å². The molecular formula is C7H5F9O4. The van der Waals surface area contributed by atoms with Gasteiger partial charge in [-0.25, -0.2) is 9.47 Å². The highest BCUT2D eigenvalue weighted by Gasteiger charge is 2.68. The normalized spacial score (nSPS) is 14.3. The summed E-state index contributed by atoms with van der Waals surface area (Å²) in [5.41, 5.74) is 0. The number of hydrogen-bond donors (Lipinski definition) is 0. The Balaban J connectivity index is 4.90. The number of rotatable bonds is 6. The van der Waals surface area contributed by atoms with Crippen molar-refractivity contribution in [3.8, 4) is 0 Å². The molecule has 0 aliphatic heterocycles. The highest BCUT2D eigenvalue weighted by atomic mass is 19.4. The van der Waals surface area contributed by atoms with Crippen LogP contribution in [0.25, 0.3) is 0 Å². The monoisotopic (exact) mass is 324 g/mol. The second kappa shape index (κ2) is 5.63. The van der Waals surface area contributed by atoms with E-state index in [1.54, 1.807) is 4.74 Å². The van der Waals surface area contributed by atoms with Crippen molar-refractivity contribution in [3.63, 3.8) is 0 Å². The predicted molar refractivity (Wildman–Crippen MR) is 39.7 cm³/mol. The summed E-state index contributed by atoms with van der Waals surface area (Å²) in [7, 11) is 0. The molecule has 0 rings (SSSR count). The number of alkyl halides is 9. The first-order valence-electron chi connectivity index (χ1n) is 4.32. The van der Waals surface area contributed by atoms with Crippen LogP contribution in [0.4, 0.5) is 39.5 Å². The fourth-order valence-electron chi connectivity index (χ4n) is 0.667. The third kappa shape index (κ3) is 6.27. The molecule has 0 bridgehead atoms. The molecule has 0 N–H and O–H groups in total. The maximum Gasteiger partial charge on any atom is 0.527 e. The van der Waals surface area contributed by atoms with Gasteiger partial charge in [0.05, 0.1) is 0 Å². The minimum Gasteiger partial charge on any atom is -0.457 e. The van der Waals surface area contributed by atoms with Gasteiger partial charge in [-0.2, -0.15) is 26.3 Å². The molecule has 20 heavy (non-hydrogen) atoms. The second-order valence-corrected chi connectivity index (χ2v) is 3.10. The maximum absolute atomic E-state index is 12.6. The van der Waals surface area contributed by atoms with Crippen molar-refractivity contribution in [1.82, 2.24) is 0 Å². The molecule has 0 saturated carbocycles. The van der Waals surface area contributed by atoms with E-state index in [-0.39, 0.29) is 0 Å². The van der Waals surface area contributed by atoms with E-state index in [1.165, 1.54) is 0 Å². The van der Waals surface area contributed by atoms with Crippen LogP contribution in [0.5, 0.6) is 0 Å². The molecule has 0 spiro atoms. The van der Waals surface area contributed by atoms with Gasteiger partial charge in [0.15, 0.2) is 6.61 Å². The molecule has 0 saturated heterocycles. The molecule has 0 atom stereocenters. The SMILES string of the molecule is CC(=O)OCC(F)(F)OC(F)(F)C(F)(F)OC(F)(F)F. The summed E-state index contributed by atoms with van der Waals surface area (Å²) in [5, 5.41) is 0. The van der Waals surface area contributed by atoms with Crippen molar-refractivity contribution in [3.05, 3.63) is 0 Å². The van der Waals surface area contributed by atoms with Crippen LogP contribution in [0.1, 0.15) is 6.92 Å². The molecule has 0 aromatic carbocycles. The Morgan fingerprint density at radius 2 is 1.25 bits per heavy atom. The molecule has 0 aliphatic rings. The lowest BCUT2D eigenvalue weighted by Gasteiger charge is -2.29. The molecule has 0 fully saturated rings. The van der Waals surface area contributed by atoms with Gasteiger partial charge in [-0.3, -0.25) is 4.79 Å². The number of esters is 1. The van der Waals surface area contributed by atoms with Crippen molar-refractivity contribution in [2.75, 3.05) is 6.61 Å². The Kier molecular flexibility index (Phi) is 5.28. The van der Waals surface area contributed by atoms with E-state index in [2.05, 4.69) is 9.47 Å². The largest absolute Gasteiger partial charge is 0.527 e. The fourth-order valence-corrected chi connectivity index (χ4v) is 0.667. The van der Waals surface area contributed by atoms with Gasteiger partial charge in [0.1, 0.15) is 0 Å². The number of carbonyl (C=O) groups excluding carboxylic acids is 1. The zero-order valence-corrected chi connectivity index (χ0v) is 9.24. The Morgan fingerprint density at radius 1 is 0.850 bits per heavy atom. The Labute approximate surface area is 104 Å². The molecule has 120 valence electrons. The van der Waals surface area contributed by atoms with Crippen molar-refractivity contribution in [1.29, 1.82) is 0 Å². The van der Waals surface area contributed by atoms with E-state index in [9.17, 15) is 44.3 Å². The third-order valence-electron chi connectivity index (χ3n) is 1.30. The Morgan fingerprint density at radius 3 is 1.60 bits per heavy atom.